The second-order valence-corrected chi connectivity index (χ2v) is 4.77. The highest BCUT2D eigenvalue weighted by Gasteiger charge is 2.15. The van der Waals surface area contributed by atoms with Crippen molar-refractivity contribution in [1.82, 2.24) is 5.32 Å². The van der Waals surface area contributed by atoms with E-state index in [-0.39, 0.29) is 17.2 Å². The van der Waals surface area contributed by atoms with Crippen molar-refractivity contribution < 1.29 is 17.6 Å². The van der Waals surface area contributed by atoms with Gasteiger partial charge in [0.1, 0.15) is 5.82 Å². The number of hydrogen-bond acceptors (Lipinski definition) is 1. The molecule has 0 spiro atoms. The lowest BCUT2D eigenvalue weighted by Gasteiger charge is -2.15. The van der Waals surface area contributed by atoms with Gasteiger partial charge in [0.05, 0.1) is 0 Å². The van der Waals surface area contributed by atoms with Crippen molar-refractivity contribution >= 4 is 0 Å². The van der Waals surface area contributed by atoms with Gasteiger partial charge in [0.2, 0.25) is 0 Å². The maximum Gasteiger partial charge on any atom is 0.194 e. The molecule has 0 aliphatic carbocycles. The molecule has 0 aliphatic heterocycles. The van der Waals surface area contributed by atoms with Crippen LogP contribution in [-0.2, 0) is 0 Å². The molecule has 2 aromatic carbocycles. The Morgan fingerprint density at radius 2 is 1.57 bits per heavy atom. The normalized spacial score (nSPS) is 12.5. The van der Waals surface area contributed by atoms with Gasteiger partial charge < -0.3 is 5.32 Å². The molecule has 0 bridgehead atoms. The van der Waals surface area contributed by atoms with Crippen LogP contribution in [0.5, 0.6) is 0 Å². The van der Waals surface area contributed by atoms with Crippen LogP contribution in [0.15, 0.2) is 30.3 Å². The van der Waals surface area contributed by atoms with Crippen molar-refractivity contribution in [3.05, 3.63) is 59.2 Å². The molecule has 0 saturated heterocycles. The summed E-state index contributed by atoms with van der Waals surface area (Å²) in [5.41, 5.74) is 0.780. The molecule has 1 atom stereocenters. The molecule has 5 heteroatoms. The molecule has 0 saturated carbocycles. The summed E-state index contributed by atoms with van der Waals surface area (Å²) in [6.07, 6.45) is 0. The Bertz CT molecular complexity index is 632. The molecule has 0 heterocycles. The summed E-state index contributed by atoms with van der Waals surface area (Å²) in [6, 6.07) is 5.89. The molecule has 21 heavy (non-hydrogen) atoms. The summed E-state index contributed by atoms with van der Waals surface area (Å²) in [7, 11) is 0. The summed E-state index contributed by atoms with van der Waals surface area (Å²) in [4.78, 5) is 0. The van der Waals surface area contributed by atoms with Crippen LogP contribution >= 0.6 is 0 Å². The highest BCUT2D eigenvalue weighted by Crippen LogP contribution is 2.28. The molecule has 0 aliphatic rings. The van der Waals surface area contributed by atoms with Crippen molar-refractivity contribution in [2.24, 2.45) is 0 Å². The summed E-state index contributed by atoms with van der Waals surface area (Å²) >= 11 is 0. The van der Waals surface area contributed by atoms with Gasteiger partial charge >= 0.3 is 0 Å². The van der Waals surface area contributed by atoms with Crippen LogP contribution in [0, 0.1) is 23.3 Å². The van der Waals surface area contributed by atoms with Crippen molar-refractivity contribution in [3.8, 4) is 11.1 Å². The molecule has 0 aromatic heterocycles. The van der Waals surface area contributed by atoms with Crippen molar-refractivity contribution in [1.29, 1.82) is 0 Å². The summed E-state index contributed by atoms with van der Waals surface area (Å²) in [5.74, 6) is -4.85. The van der Waals surface area contributed by atoms with Crippen LogP contribution < -0.4 is 5.32 Å². The number of halogens is 4. The van der Waals surface area contributed by atoms with Crippen LogP contribution in [0.4, 0.5) is 17.6 Å². The molecular weight excluding hydrogens is 282 g/mol. The Hall–Kier alpha value is -1.88. The Morgan fingerprint density at radius 3 is 2.14 bits per heavy atom. The maximum atomic E-state index is 13.9. The minimum absolute atomic E-state index is 0.0329. The number of nitrogens with one attached hydrogen (secondary N) is 1. The standard InChI is InChI=1S/C16H15F4N/c1-3-21-9(2)10-4-5-13(17)12(6-10)11-7-14(18)16(20)15(19)8-11/h4-9,21H,3H2,1-2H3. The Balaban J connectivity index is 2.50. The van der Waals surface area contributed by atoms with E-state index in [2.05, 4.69) is 5.32 Å². The van der Waals surface area contributed by atoms with Crippen molar-refractivity contribution in [2.45, 2.75) is 19.9 Å². The Morgan fingerprint density at radius 1 is 0.952 bits per heavy atom. The molecule has 1 nitrogen and oxygen atoms in total. The number of benzene rings is 2. The van der Waals surface area contributed by atoms with Crippen LogP contribution in [-0.4, -0.2) is 6.54 Å². The molecule has 1 N–H and O–H groups in total. The summed E-state index contributed by atoms with van der Waals surface area (Å²) in [5, 5.41) is 3.16. The van der Waals surface area contributed by atoms with E-state index in [9.17, 15) is 17.6 Å². The smallest absolute Gasteiger partial charge is 0.194 e. The third kappa shape index (κ3) is 3.24. The lowest BCUT2D eigenvalue weighted by Crippen LogP contribution is -2.17. The zero-order valence-corrected chi connectivity index (χ0v) is 11.7. The molecule has 0 radical (unpaired) electrons. The third-order valence-corrected chi connectivity index (χ3v) is 3.30. The van der Waals surface area contributed by atoms with Gasteiger partial charge in [0, 0.05) is 11.6 Å². The first-order valence-electron chi connectivity index (χ1n) is 6.61. The van der Waals surface area contributed by atoms with Gasteiger partial charge in [0.15, 0.2) is 17.5 Å². The van der Waals surface area contributed by atoms with Gasteiger partial charge in [0.25, 0.3) is 0 Å². The highest BCUT2D eigenvalue weighted by atomic mass is 19.2. The number of hydrogen-bond donors (Lipinski definition) is 1. The first-order chi connectivity index (χ1) is 9.93. The van der Waals surface area contributed by atoms with E-state index < -0.39 is 23.3 Å². The van der Waals surface area contributed by atoms with Crippen molar-refractivity contribution in [2.75, 3.05) is 6.54 Å². The fraction of sp³-hybridized carbons (Fsp3) is 0.250. The first-order valence-corrected chi connectivity index (χ1v) is 6.61. The topological polar surface area (TPSA) is 12.0 Å². The van der Waals surface area contributed by atoms with E-state index in [1.807, 2.05) is 13.8 Å². The molecule has 1 unspecified atom stereocenters. The van der Waals surface area contributed by atoms with Gasteiger partial charge in [-0.15, -0.1) is 0 Å². The van der Waals surface area contributed by atoms with E-state index in [1.165, 1.54) is 12.1 Å². The highest BCUT2D eigenvalue weighted by molar-refractivity contribution is 5.65. The average Bonchev–Trinajstić information content (AvgIpc) is 2.45. The maximum absolute atomic E-state index is 13.9. The van der Waals surface area contributed by atoms with Crippen LogP contribution in [0.3, 0.4) is 0 Å². The molecule has 0 fully saturated rings. The molecular formula is C16H15F4N. The lowest BCUT2D eigenvalue weighted by molar-refractivity contribution is 0.447. The summed E-state index contributed by atoms with van der Waals surface area (Å²) < 4.78 is 53.5. The SMILES string of the molecule is CCNC(C)c1ccc(F)c(-c2cc(F)c(F)c(F)c2)c1. The van der Waals surface area contributed by atoms with E-state index in [0.717, 1.165) is 24.2 Å². The van der Waals surface area contributed by atoms with Crippen LogP contribution in [0.2, 0.25) is 0 Å². The molecule has 0 amide bonds. The monoisotopic (exact) mass is 297 g/mol. The Labute approximate surface area is 120 Å². The fourth-order valence-corrected chi connectivity index (χ4v) is 2.17. The van der Waals surface area contributed by atoms with Gasteiger partial charge in [-0.1, -0.05) is 13.0 Å². The largest absolute Gasteiger partial charge is 0.310 e. The third-order valence-electron chi connectivity index (χ3n) is 3.30. The quantitative estimate of drug-likeness (QED) is 0.643. The van der Waals surface area contributed by atoms with Gasteiger partial charge in [-0.2, -0.15) is 0 Å². The van der Waals surface area contributed by atoms with Gasteiger partial charge in [-0.25, -0.2) is 17.6 Å². The molecule has 112 valence electrons. The Kier molecular flexibility index (Phi) is 4.63. The second-order valence-electron chi connectivity index (χ2n) is 4.77. The van der Waals surface area contributed by atoms with E-state index in [1.54, 1.807) is 6.07 Å². The van der Waals surface area contributed by atoms with E-state index in [4.69, 9.17) is 0 Å². The van der Waals surface area contributed by atoms with E-state index >= 15 is 0 Å². The zero-order chi connectivity index (χ0) is 15.6. The number of rotatable bonds is 4. The fourth-order valence-electron chi connectivity index (χ4n) is 2.17. The minimum atomic E-state index is -1.56. The van der Waals surface area contributed by atoms with Crippen LogP contribution in [0.1, 0.15) is 25.5 Å². The van der Waals surface area contributed by atoms with Crippen LogP contribution in [0.25, 0.3) is 11.1 Å². The lowest BCUT2D eigenvalue weighted by atomic mass is 9.99. The predicted molar refractivity (Wildman–Crippen MR) is 73.8 cm³/mol. The van der Waals surface area contributed by atoms with E-state index in [0.29, 0.717) is 0 Å². The molecule has 2 rings (SSSR count). The summed E-state index contributed by atoms with van der Waals surface area (Å²) in [6.45, 7) is 4.56. The van der Waals surface area contributed by atoms with Gasteiger partial charge in [-0.3, -0.25) is 0 Å². The first kappa shape index (κ1) is 15.5. The van der Waals surface area contributed by atoms with Crippen molar-refractivity contribution in [3.63, 3.8) is 0 Å². The second kappa shape index (κ2) is 6.26. The average molecular weight is 297 g/mol. The van der Waals surface area contributed by atoms with Gasteiger partial charge in [-0.05, 0) is 48.9 Å². The molecule has 2 aromatic rings. The zero-order valence-electron chi connectivity index (χ0n) is 11.7. The predicted octanol–water partition coefficient (Wildman–Crippen LogP) is 4.58. The minimum Gasteiger partial charge on any atom is -0.310 e.